The number of aromatic carboxylic acids is 1. The van der Waals surface area contributed by atoms with Gasteiger partial charge >= 0.3 is 5.97 Å². The lowest BCUT2D eigenvalue weighted by Gasteiger charge is -2.20. The number of carbonyl (C=O) groups is 2. The number of benzene rings is 1. The van der Waals surface area contributed by atoms with E-state index in [9.17, 15) is 9.59 Å². The highest BCUT2D eigenvalue weighted by atomic mass is 16.5. The van der Waals surface area contributed by atoms with E-state index in [2.05, 4.69) is 5.32 Å². The maximum Gasteiger partial charge on any atom is 0.335 e. The topological polar surface area (TPSA) is 75.6 Å². The first kappa shape index (κ1) is 13.1. The van der Waals surface area contributed by atoms with Crippen LogP contribution in [0.15, 0.2) is 24.3 Å². The van der Waals surface area contributed by atoms with Gasteiger partial charge in [-0.05, 0) is 37.0 Å². The van der Waals surface area contributed by atoms with Gasteiger partial charge in [0.15, 0.2) is 0 Å². The highest BCUT2D eigenvalue weighted by Gasteiger charge is 2.41. The van der Waals surface area contributed by atoms with Crippen molar-refractivity contribution in [1.29, 1.82) is 0 Å². The minimum absolute atomic E-state index is 0.0331. The number of hydrogen-bond donors (Lipinski definition) is 2. The van der Waals surface area contributed by atoms with E-state index in [0.717, 1.165) is 24.8 Å². The summed E-state index contributed by atoms with van der Waals surface area (Å²) in [5.41, 5.74) is 1.05. The van der Waals surface area contributed by atoms with Gasteiger partial charge in [-0.1, -0.05) is 12.1 Å². The van der Waals surface area contributed by atoms with Crippen LogP contribution >= 0.6 is 0 Å². The second-order valence-corrected chi connectivity index (χ2v) is 5.46. The molecule has 2 saturated heterocycles. The van der Waals surface area contributed by atoms with Gasteiger partial charge in [-0.25, -0.2) is 4.79 Å². The number of fused-ring (bicyclic) bond motifs is 2. The highest BCUT2D eigenvalue weighted by molar-refractivity contribution is 5.87. The Morgan fingerprint density at radius 2 is 2.00 bits per heavy atom. The third kappa shape index (κ3) is 2.67. The van der Waals surface area contributed by atoms with Crippen molar-refractivity contribution in [3.63, 3.8) is 0 Å². The Bertz CT molecular complexity index is 525. The van der Waals surface area contributed by atoms with Crippen molar-refractivity contribution in [2.45, 2.75) is 43.9 Å². The lowest BCUT2D eigenvalue weighted by molar-refractivity contribution is -0.121. The average molecular weight is 275 g/mol. The Morgan fingerprint density at radius 3 is 2.55 bits per heavy atom. The lowest BCUT2D eigenvalue weighted by Crippen LogP contribution is -2.42. The zero-order valence-electron chi connectivity index (χ0n) is 11.0. The molecule has 2 aliphatic heterocycles. The van der Waals surface area contributed by atoms with Gasteiger partial charge in [-0.3, -0.25) is 4.79 Å². The zero-order valence-corrected chi connectivity index (χ0v) is 11.0. The Kier molecular flexibility index (Phi) is 3.44. The van der Waals surface area contributed by atoms with Gasteiger partial charge in [0.1, 0.15) is 0 Å². The van der Waals surface area contributed by atoms with Crippen LogP contribution in [0.5, 0.6) is 0 Å². The first-order valence-corrected chi connectivity index (χ1v) is 6.89. The number of carboxylic acid groups (broad SMARTS) is 1. The molecule has 3 rings (SSSR count). The maximum atomic E-state index is 12.0. The Balaban J connectivity index is 1.55. The van der Waals surface area contributed by atoms with Gasteiger partial charge in [0.25, 0.3) is 0 Å². The van der Waals surface area contributed by atoms with Gasteiger partial charge in [0.2, 0.25) is 5.91 Å². The molecule has 0 aliphatic carbocycles. The molecule has 3 unspecified atom stereocenters. The smallest absolute Gasteiger partial charge is 0.335 e. The molecule has 1 aromatic rings. The van der Waals surface area contributed by atoms with Crippen molar-refractivity contribution in [3.05, 3.63) is 35.4 Å². The molecule has 0 radical (unpaired) electrons. The standard InChI is InChI=1S/C15H17NO4/c17-14(16-12-8-11-5-6-13(12)20-11)7-9-1-3-10(4-2-9)15(18)19/h1-4,11-13H,5-8H2,(H,16,17)(H,18,19). The largest absolute Gasteiger partial charge is 0.478 e. The second kappa shape index (κ2) is 5.25. The van der Waals surface area contributed by atoms with Crippen molar-refractivity contribution < 1.29 is 19.4 Å². The zero-order chi connectivity index (χ0) is 14.1. The molecule has 0 aromatic heterocycles. The minimum atomic E-state index is -0.958. The molecule has 1 amide bonds. The molecule has 1 aromatic carbocycles. The van der Waals surface area contributed by atoms with Crippen LogP contribution in [0, 0.1) is 0 Å². The summed E-state index contributed by atoms with van der Waals surface area (Å²) in [6, 6.07) is 6.54. The van der Waals surface area contributed by atoms with Crippen molar-refractivity contribution >= 4 is 11.9 Å². The number of hydrogen-bond acceptors (Lipinski definition) is 3. The van der Waals surface area contributed by atoms with Crippen LogP contribution in [-0.2, 0) is 16.0 Å². The van der Waals surface area contributed by atoms with Crippen molar-refractivity contribution in [2.24, 2.45) is 0 Å². The molecule has 2 N–H and O–H groups in total. The van der Waals surface area contributed by atoms with Crippen molar-refractivity contribution in [3.8, 4) is 0 Å². The van der Waals surface area contributed by atoms with Crippen molar-refractivity contribution in [2.75, 3.05) is 0 Å². The molecule has 5 heteroatoms. The molecule has 2 fully saturated rings. The Hall–Kier alpha value is -1.88. The molecule has 2 aliphatic rings. The van der Waals surface area contributed by atoms with Gasteiger partial charge < -0.3 is 15.2 Å². The normalized spacial score (nSPS) is 27.5. The fourth-order valence-corrected chi connectivity index (χ4v) is 3.00. The molecule has 2 heterocycles. The first-order chi connectivity index (χ1) is 9.61. The molecule has 3 atom stereocenters. The number of ether oxygens (including phenoxy) is 1. The molecule has 0 spiro atoms. The highest BCUT2D eigenvalue weighted by Crippen LogP contribution is 2.34. The lowest BCUT2D eigenvalue weighted by atomic mass is 9.95. The summed E-state index contributed by atoms with van der Waals surface area (Å²) in [7, 11) is 0. The fourth-order valence-electron chi connectivity index (χ4n) is 3.00. The Labute approximate surface area is 116 Å². The quantitative estimate of drug-likeness (QED) is 0.870. The average Bonchev–Trinajstić information content (AvgIpc) is 3.01. The number of amides is 1. The van der Waals surface area contributed by atoms with Gasteiger partial charge in [-0.2, -0.15) is 0 Å². The van der Waals surface area contributed by atoms with E-state index in [1.54, 1.807) is 12.1 Å². The minimum Gasteiger partial charge on any atom is -0.478 e. The first-order valence-electron chi connectivity index (χ1n) is 6.89. The van der Waals surface area contributed by atoms with Crippen LogP contribution in [0.4, 0.5) is 0 Å². The van der Waals surface area contributed by atoms with Crippen LogP contribution in [-0.4, -0.2) is 35.2 Å². The SMILES string of the molecule is O=C(Cc1ccc(C(=O)O)cc1)NC1CC2CCC1O2. The number of rotatable bonds is 4. The second-order valence-electron chi connectivity index (χ2n) is 5.46. The number of carbonyl (C=O) groups excluding carboxylic acids is 1. The van der Waals surface area contributed by atoms with E-state index in [1.807, 2.05) is 0 Å². The van der Waals surface area contributed by atoms with Gasteiger partial charge in [0.05, 0.1) is 30.2 Å². The van der Waals surface area contributed by atoms with E-state index in [4.69, 9.17) is 9.84 Å². The molecule has 20 heavy (non-hydrogen) atoms. The molecule has 0 saturated carbocycles. The fraction of sp³-hybridized carbons (Fsp3) is 0.467. The summed E-state index contributed by atoms with van der Waals surface area (Å²) in [6.45, 7) is 0. The van der Waals surface area contributed by atoms with Crippen LogP contribution in [0.2, 0.25) is 0 Å². The van der Waals surface area contributed by atoms with E-state index in [0.29, 0.717) is 6.10 Å². The predicted molar refractivity (Wildman–Crippen MR) is 71.5 cm³/mol. The number of carboxylic acids is 1. The maximum absolute atomic E-state index is 12.0. The van der Waals surface area contributed by atoms with Gasteiger partial charge in [0, 0.05) is 0 Å². The molecular formula is C15H17NO4. The predicted octanol–water partition coefficient (Wildman–Crippen LogP) is 1.36. The summed E-state index contributed by atoms with van der Waals surface area (Å²) >= 11 is 0. The number of nitrogens with one attached hydrogen (secondary N) is 1. The summed E-state index contributed by atoms with van der Waals surface area (Å²) in [6.07, 6.45) is 3.82. The van der Waals surface area contributed by atoms with Crippen LogP contribution in [0.3, 0.4) is 0 Å². The summed E-state index contributed by atoms with van der Waals surface area (Å²) < 4.78 is 5.70. The summed E-state index contributed by atoms with van der Waals surface area (Å²) in [5.74, 6) is -0.991. The third-order valence-electron chi connectivity index (χ3n) is 4.02. The van der Waals surface area contributed by atoms with E-state index in [-0.39, 0.29) is 30.0 Å². The van der Waals surface area contributed by atoms with Crippen LogP contribution in [0.25, 0.3) is 0 Å². The Morgan fingerprint density at radius 1 is 1.25 bits per heavy atom. The molecule has 106 valence electrons. The monoisotopic (exact) mass is 275 g/mol. The van der Waals surface area contributed by atoms with E-state index < -0.39 is 5.97 Å². The summed E-state index contributed by atoms with van der Waals surface area (Å²) in [4.78, 5) is 22.7. The molecular weight excluding hydrogens is 258 g/mol. The van der Waals surface area contributed by atoms with Crippen LogP contribution < -0.4 is 5.32 Å². The third-order valence-corrected chi connectivity index (χ3v) is 4.02. The van der Waals surface area contributed by atoms with Crippen LogP contribution in [0.1, 0.15) is 35.2 Å². The molecule has 5 nitrogen and oxygen atoms in total. The molecule has 2 bridgehead atoms. The van der Waals surface area contributed by atoms with Gasteiger partial charge in [-0.15, -0.1) is 0 Å². The van der Waals surface area contributed by atoms with E-state index >= 15 is 0 Å². The summed E-state index contributed by atoms with van der Waals surface area (Å²) in [5, 5.41) is 11.8. The van der Waals surface area contributed by atoms with Crippen molar-refractivity contribution in [1.82, 2.24) is 5.32 Å². The van der Waals surface area contributed by atoms with E-state index in [1.165, 1.54) is 12.1 Å².